The molecule has 1 fully saturated rings. The summed E-state index contributed by atoms with van der Waals surface area (Å²) in [4.78, 5) is 0. The molecule has 0 aromatic carbocycles. The predicted molar refractivity (Wildman–Crippen MR) is 71.7 cm³/mol. The van der Waals surface area contributed by atoms with Crippen molar-refractivity contribution < 1.29 is 47.0 Å². The van der Waals surface area contributed by atoms with Gasteiger partial charge in [-0.25, -0.2) is 0 Å². The Bertz CT molecular complexity index is 97.2. The molecule has 0 atom stereocenters. The molecule has 0 unspecified atom stereocenters. The van der Waals surface area contributed by atoms with Crippen molar-refractivity contribution in [2.75, 3.05) is 79.3 Å². The fourth-order valence-corrected chi connectivity index (χ4v) is 1.52. The van der Waals surface area contributed by atoms with E-state index in [1.54, 1.807) is 0 Å². The summed E-state index contributed by atoms with van der Waals surface area (Å²) in [7, 11) is 0. The van der Waals surface area contributed by atoms with Gasteiger partial charge in [-0.3, -0.25) is 0 Å². The smallest absolute Gasteiger partial charge is 0.214 e. The zero-order chi connectivity index (χ0) is 12.7. The summed E-state index contributed by atoms with van der Waals surface area (Å²) in [6.45, 7) is 9.78. The molecule has 0 aromatic rings. The van der Waals surface area contributed by atoms with Crippen molar-refractivity contribution >= 4 is 0 Å². The molecule has 7 heteroatoms. The van der Waals surface area contributed by atoms with Crippen LogP contribution in [0.5, 0.6) is 0 Å². The Hall–Kier alpha value is 0.344. The molecule has 1 saturated heterocycles. The van der Waals surface area contributed by atoms with Gasteiger partial charge in [0.2, 0.25) is 79.3 Å². The fourth-order valence-electron chi connectivity index (χ4n) is 1.52. The van der Waals surface area contributed by atoms with Crippen molar-refractivity contribution in [3.63, 3.8) is 0 Å². The van der Waals surface area contributed by atoms with Crippen molar-refractivity contribution in [3.05, 3.63) is 0 Å². The molecule has 1 rings (SSSR count). The van der Waals surface area contributed by atoms with Crippen LogP contribution in [0, 0.1) is 0 Å². The number of hydrogen-bond acceptors (Lipinski definition) is 0. The van der Waals surface area contributed by atoms with Crippen LogP contribution >= 0.6 is 0 Å². The molecule has 0 spiro atoms. The van der Waals surface area contributed by atoms with Crippen LogP contribution in [-0.4, -0.2) is 108 Å². The van der Waals surface area contributed by atoms with Gasteiger partial charge in [0, 0.05) is 18.6 Å². The van der Waals surface area contributed by atoms with Gasteiger partial charge in [-0.15, -0.1) is 0 Å². The third-order valence-corrected chi connectivity index (χ3v) is 2.50. The van der Waals surface area contributed by atoms with E-state index >= 15 is 0 Å². The minimum atomic E-state index is 0. The Labute approximate surface area is 126 Å². The second-order valence-corrected chi connectivity index (χ2v) is 4.02. The summed E-state index contributed by atoms with van der Waals surface area (Å²) in [6.07, 6.45) is 0. The van der Waals surface area contributed by atoms with Crippen LogP contribution in [0.2, 0.25) is 0 Å². The van der Waals surface area contributed by atoms with Crippen LogP contribution in [0.4, 0.5) is 0 Å². The molecular weight excluding hydrogens is 291 g/mol. The first kappa shape index (κ1) is 19.3. The van der Waals surface area contributed by atoms with E-state index in [-0.39, 0.29) is 18.6 Å². The van der Waals surface area contributed by atoms with Crippen molar-refractivity contribution in [2.45, 2.75) is 0 Å². The first-order chi connectivity index (χ1) is 9.00. The average molecular weight is 321 g/mol. The first-order valence-corrected chi connectivity index (χ1v) is 6.79. The van der Waals surface area contributed by atoms with E-state index in [1.807, 2.05) is 0 Å². The maximum Gasteiger partial charge on any atom is 0.214 e. The zero-order valence-corrected chi connectivity index (χ0v) is 13.0. The van der Waals surface area contributed by atoms with Gasteiger partial charge < -0.3 is 28.4 Å². The Morgan fingerprint density at radius 1 is 0.263 bits per heavy atom. The topological polar surface area (TPSA) is 76.8 Å². The molecule has 1 heterocycles. The Morgan fingerprint density at radius 3 is 0.474 bits per heavy atom. The van der Waals surface area contributed by atoms with Crippen molar-refractivity contribution in [1.29, 1.82) is 0 Å². The molecule has 0 bridgehead atoms. The van der Waals surface area contributed by atoms with Gasteiger partial charge >= 0.3 is 0 Å². The molecule has 1 aliphatic rings. The zero-order valence-electron chi connectivity index (χ0n) is 11.6. The molecular formula is C12H30O6V+6. The van der Waals surface area contributed by atoms with Crippen LogP contribution in [0.1, 0.15) is 0 Å². The van der Waals surface area contributed by atoms with E-state index in [9.17, 15) is 0 Å². The minimum Gasteiger partial charge on any atom is -0.422 e. The van der Waals surface area contributed by atoms with Gasteiger partial charge in [0.15, 0.2) is 0 Å². The number of ether oxygens (including phenoxy) is 6. The number of rotatable bonds is 0. The fraction of sp³-hybridized carbons (Fsp3) is 1.00. The van der Waals surface area contributed by atoms with Gasteiger partial charge in [0.05, 0.1) is 0 Å². The van der Waals surface area contributed by atoms with E-state index in [0.29, 0.717) is 0 Å². The van der Waals surface area contributed by atoms with E-state index in [0.717, 1.165) is 79.3 Å². The third kappa shape index (κ3) is 14.6. The third-order valence-electron chi connectivity index (χ3n) is 2.50. The molecule has 6 nitrogen and oxygen atoms in total. The van der Waals surface area contributed by atoms with Crippen molar-refractivity contribution in [1.82, 2.24) is 0 Å². The van der Waals surface area contributed by atoms with E-state index in [1.165, 1.54) is 0 Å². The predicted octanol–water partition coefficient (Wildman–Crippen LogP) is -2.83. The monoisotopic (exact) mass is 321 g/mol. The van der Waals surface area contributed by atoms with Crippen molar-refractivity contribution in [3.8, 4) is 0 Å². The molecule has 0 amide bonds. The quantitative estimate of drug-likeness (QED) is 0.431. The maximum absolute atomic E-state index is 4.37. The number of hydrogen-bond donors (Lipinski definition) is 0. The summed E-state index contributed by atoms with van der Waals surface area (Å²) >= 11 is 0. The van der Waals surface area contributed by atoms with E-state index in [2.05, 4.69) is 28.4 Å². The standard InChI is InChI=1S/C12H24O6.V/c1-2-14-5-6-16-9-10-18-12-11-17-8-7-15-4-3-13-1;/h1-12H2;/p+6. The summed E-state index contributed by atoms with van der Waals surface area (Å²) in [6, 6.07) is 0. The van der Waals surface area contributed by atoms with Gasteiger partial charge in [-0.05, 0) is 0 Å². The SMILES string of the molecule is C1C[OH+]CC[OH+]CC[OH+]CC[OH+]CC[OH+]CC[OH+]1.[V]. The van der Waals surface area contributed by atoms with Crippen molar-refractivity contribution in [2.24, 2.45) is 0 Å². The maximum atomic E-state index is 4.37. The Balaban J connectivity index is 0.00000324. The molecule has 6 N–H and O–H groups in total. The summed E-state index contributed by atoms with van der Waals surface area (Å²) < 4.78 is 26.2. The molecule has 0 saturated carbocycles. The Morgan fingerprint density at radius 2 is 0.368 bits per heavy atom. The molecule has 0 aliphatic carbocycles. The second-order valence-electron chi connectivity index (χ2n) is 4.02. The second kappa shape index (κ2) is 16.4. The van der Waals surface area contributed by atoms with Crippen LogP contribution in [0.25, 0.3) is 0 Å². The molecule has 113 valence electrons. The number of aliphatic hydroxyl groups is 12. The van der Waals surface area contributed by atoms with Gasteiger partial charge in [-0.2, -0.15) is 0 Å². The van der Waals surface area contributed by atoms with Crippen LogP contribution < -0.4 is 0 Å². The van der Waals surface area contributed by atoms with Gasteiger partial charge in [-0.1, -0.05) is 0 Å². The molecule has 0 aromatic heterocycles. The summed E-state index contributed by atoms with van der Waals surface area (Å²) in [5, 5.41) is 0. The van der Waals surface area contributed by atoms with Crippen LogP contribution in [0.3, 0.4) is 0 Å². The normalized spacial score (nSPS) is 22.7. The molecule has 1 aliphatic heterocycles. The minimum absolute atomic E-state index is 0. The summed E-state index contributed by atoms with van der Waals surface area (Å²) in [5.41, 5.74) is 0. The Kier molecular flexibility index (Phi) is 16.7. The van der Waals surface area contributed by atoms with E-state index < -0.39 is 0 Å². The van der Waals surface area contributed by atoms with Crippen LogP contribution in [0.15, 0.2) is 0 Å². The average Bonchev–Trinajstić information content (AvgIpc) is 2.39. The van der Waals surface area contributed by atoms with Gasteiger partial charge in [0.1, 0.15) is 0 Å². The van der Waals surface area contributed by atoms with Crippen LogP contribution in [-0.2, 0) is 18.6 Å². The van der Waals surface area contributed by atoms with E-state index in [4.69, 9.17) is 0 Å². The molecule has 1 radical (unpaired) electrons. The first-order valence-electron chi connectivity index (χ1n) is 6.79. The van der Waals surface area contributed by atoms with Gasteiger partial charge in [0.25, 0.3) is 0 Å². The summed E-state index contributed by atoms with van der Waals surface area (Å²) in [5.74, 6) is 0. The molecule has 19 heavy (non-hydrogen) atoms. The largest absolute Gasteiger partial charge is 0.422 e.